The predicted octanol–water partition coefficient (Wildman–Crippen LogP) is 2.73. The Labute approximate surface area is 113 Å². The summed E-state index contributed by atoms with van der Waals surface area (Å²) in [4.78, 5) is 11.6. The number of rotatable bonds is 4. The zero-order chi connectivity index (χ0) is 13.0. The lowest BCUT2D eigenvalue weighted by molar-refractivity contribution is -0.116. The van der Waals surface area contributed by atoms with Crippen molar-refractivity contribution in [3.05, 3.63) is 29.0 Å². The van der Waals surface area contributed by atoms with Crippen molar-refractivity contribution in [2.45, 2.75) is 19.3 Å². The highest BCUT2D eigenvalue weighted by Gasteiger charge is 2.05. The Bertz CT molecular complexity index is 614. The highest BCUT2D eigenvalue weighted by molar-refractivity contribution is 9.10. The van der Waals surface area contributed by atoms with Crippen molar-refractivity contribution in [3.8, 4) is 6.07 Å². The molecule has 0 saturated carbocycles. The summed E-state index contributed by atoms with van der Waals surface area (Å²) in [6, 6.07) is 5.65. The van der Waals surface area contributed by atoms with Crippen LogP contribution in [0.25, 0.3) is 5.52 Å². The minimum atomic E-state index is -0.0785. The van der Waals surface area contributed by atoms with E-state index in [1.807, 2.05) is 12.1 Å². The third-order valence-electron chi connectivity index (χ3n) is 2.45. The number of hydrogen-bond donors (Lipinski definition) is 1. The Hall–Kier alpha value is -1.87. The molecule has 18 heavy (non-hydrogen) atoms. The molecule has 0 unspecified atom stereocenters. The first-order valence-electron chi connectivity index (χ1n) is 5.50. The van der Waals surface area contributed by atoms with Gasteiger partial charge in [-0.1, -0.05) is 0 Å². The molecule has 0 spiro atoms. The van der Waals surface area contributed by atoms with E-state index in [0.717, 1.165) is 15.7 Å². The van der Waals surface area contributed by atoms with Gasteiger partial charge < -0.3 is 5.32 Å². The molecule has 6 heteroatoms. The quantitative estimate of drug-likeness (QED) is 0.883. The summed E-state index contributed by atoms with van der Waals surface area (Å²) >= 11 is 3.39. The van der Waals surface area contributed by atoms with E-state index in [-0.39, 0.29) is 5.91 Å². The molecule has 0 aliphatic heterocycles. The molecular weight excluding hydrogens is 296 g/mol. The van der Waals surface area contributed by atoms with Crippen LogP contribution in [0.4, 0.5) is 5.69 Å². The summed E-state index contributed by atoms with van der Waals surface area (Å²) in [7, 11) is 0. The van der Waals surface area contributed by atoms with Gasteiger partial charge in [0.25, 0.3) is 0 Å². The second kappa shape index (κ2) is 5.65. The van der Waals surface area contributed by atoms with E-state index < -0.39 is 0 Å². The van der Waals surface area contributed by atoms with Crippen LogP contribution >= 0.6 is 15.9 Å². The Morgan fingerprint density at radius 3 is 3.22 bits per heavy atom. The molecule has 0 fully saturated rings. The Morgan fingerprint density at radius 2 is 2.44 bits per heavy atom. The number of unbranched alkanes of at least 4 members (excludes halogenated alkanes) is 1. The van der Waals surface area contributed by atoms with Crippen LogP contribution in [0.3, 0.4) is 0 Å². The summed E-state index contributed by atoms with van der Waals surface area (Å²) in [6.45, 7) is 0. The van der Waals surface area contributed by atoms with Crippen molar-refractivity contribution in [1.82, 2.24) is 9.61 Å². The second-order valence-corrected chi connectivity index (χ2v) is 4.65. The van der Waals surface area contributed by atoms with E-state index in [9.17, 15) is 4.79 Å². The Balaban J connectivity index is 2.05. The van der Waals surface area contributed by atoms with Crippen LogP contribution in [0.5, 0.6) is 0 Å². The molecule has 0 atom stereocenters. The standard InChI is InChI=1S/C12H11BrN4O/c13-10-8-15-17-6-4-9(7-11(10)17)16-12(18)3-1-2-5-14/h4,6-8H,1-3H2,(H,16,18). The lowest BCUT2D eigenvalue weighted by atomic mass is 10.2. The minimum absolute atomic E-state index is 0.0785. The first-order chi connectivity index (χ1) is 8.70. The van der Waals surface area contributed by atoms with E-state index in [0.29, 0.717) is 19.3 Å². The number of pyridine rings is 1. The van der Waals surface area contributed by atoms with Crippen molar-refractivity contribution in [2.24, 2.45) is 0 Å². The fourth-order valence-electron chi connectivity index (χ4n) is 1.58. The maximum atomic E-state index is 11.6. The summed E-state index contributed by atoms with van der Waals surface area (Å²) in [5.74, 6) is -0.0785. The molecule has 0 aliphatic carbocycles. The molecule has 5 nitrogen and oxygen atoms in total. The summed E-state index contributed by atoms with van der Waals surface area (Å²) in [5, 5.41) is 15.3. The van der Waals surface area contributed by atoms with E-state index in [2.05, 4.69) is 26.3 Å². The highest BCUT2D eigenvalue weighted by Crippen LogP contribution is 2.20. The molecule has 0 radical (unpaired) electrons. The number of halogens is 1. The van der Waals surface area contributed by atoms with Crippen LogP contribution in [0.15, 0.2) is 29.0 Å². The highest BCUT2D eigenvalue weighted by atomic mass is 79.9. The maximum absolute atomic E-state index is 11.6. The number of nitrogens with zero attached hydrogens (tertiary/aromatic N) is 3. The van der Waals surface area contributed by atoms with Gasteiger partial charge in [0.2, 0.25) is 5.91 Å². The first-order valence-corrected chi connectivity index (χ1v) is 6.29. The number of fused-ring (bicyclic) bond motifs is 1. The SMILES string of the molecule is N#CCCCC(=O)Nc1ccn2ncc(Br)c2c1. The normalized spacial score (nSPS) is 10.2. The van der Waals surface area contributed by atoms with Crippen molar-refractivity contribution >= 4 is 33.0 Å². The van der Waals surface area contributed by atoms with Gasteiger partial charge in [0.05, 0.1) is 22.3 Å². The first kappa shape index (κ1) is 12.6. The predicted molar refractivity (Wildman–Crippen MR) is 71.0 cm³/mol. The van der Waals surface area contributed by atoms with Crippen LogP contribution < -0.4 is 5.32 Å². The van der Waals surface area contributed by atoms with E-state index in [1.165, 1.54) is 0 Å². The molecule has 2 heterocycles. The van der Waals surface area contributed by atoms with E-state index in [1.54, 1.807) is 23.0 Å². The molecule has 2 aromatic heterocycles. The van der Waals surface area contributed by atoms with Crippen molar-refractivity contribution < 1.29 is 4.79 Å². The van der Waals surface area contributed by atoms with Gasteiger partial charge in [-0.25, -0.2) is 4.52 Å². The maximum Gasteiger partial charge on any atom is 0.224 e. The van der Waals surface area contributed by atoms with Gasteiger partial charge in [-0.2, -0.15) is 10.4 Å². The average Bonchev–Trinajstić information content (AvgIpc) is 2.71. The summed E-state index contributed by atoms with van der Waals surface area (Å²) in [6.07, 6.45) is 4.83. The van der Waals surface area contributed by atoms with Gasteiger partial charge in [0, 0.05) is 24.7 Å². The molecule has 0 aliphatic rings. The van der Waals surface area contributed by atoms with Gasteiger partial charge >= 0.3 is 0 Å². The lowest BCUT2D eigenvalue weighted by Crippen LogP contribution is -2.11. The number of carbonyl (C=O) groups excluding carboxylic acids is 1. The van der Waals surface area contributed by atoms with Crippen LogP contribution in [0.1, 0.15) is 19.3 Å². The van der Waals surface area contributed by atoms with Crippen molar-refractivity contribution in [3.63, 3.8) is 0 Å². The van der Waals surface area contributed by atoms with Crippen LogP contribution in [-0.2, 0) is 4.79 Å². The van der Waals surface area contributed by atoms with Gasteiger partial charge in [0.15, 0.2) is 0 Å². The third-order valence-corrected chi connectivity index (χ3v) is 3.06. The summed E-state index contributed by atoms with van der Waals surface area (Å²) < 4.78 is 2.60. The Morgan fingerprint density at radius 1 is 1.61 bits per heavy atom. The minimum Gasteiger partial charge on any atom is -0.326 e. The van der Waals surface area contributed by atoms with Crippen LogP contribution in [0, 0.1) is 11.3 Å². The average molecular weight is 307 g/mol. The molecule has 0 bridgehead atoms. The number of nitriles is 1. The zero-order valence-corrected chi connectivity index (χ0v) is 11.1. The fourth-order valence-corrected chi connectivity index (χ4v) is 1.97. The van der Waals surface area contributed by atoms with Gasteiger partial charge in [-0.15, -0.1) is 0 Å². The largest absolute Gasteiger partial charge is 0.326 e. The molecule has 1 N–H and O–H groups in total. The lowest BCUT2D eigenvalue weighted by Gasteiger charge is -2.05. The Kier molecular flexibility index (Phi) is 3.95. The van der Waals surface area contributed by atoms with Crippen molar-refractivity contribution in [1.29, 1.82) is 5.26 Å². The molecule has 92 valence electrons. The van der Waals surface area contributed by atoms with Crippen molar-refractivity contribution in [2.75, 3.05) is 5.32 Å². The number of nitrogens with one attached hydrogen (secondary N) is 1. The monoisotopic (exact) mass is 306 g/mol. The smallest absolute Gasteiger partial charge is 0.224 e. The molecule has 2 rings (SSSR count). The molecular formula is C12H11BrN4O. The van der Waals surface area contributed by atoms with E-state index >= 15 is 0 Å². The number of aromatic nitrogens is 2. The number of carbonyl (C=O) groups is 1. The van der Waals surface area contributed by atoms with Crippen LogP contribution in [0.2, 0.25) is 0 Å². The third kappa shape index (κ3) is 2.87. The number of anilines is 1. The number of amides is 1. The van der Waals surface area contributed by atoms with Gasteiger partial charge in [-0.3, -0.25) is 4.79 Å². The fraction of sp³-hybridized carbons (Fsp3) is 0.250. The molecule has 0 saturated heterocycles. The zero-order valence-electron chi connectivity index (χ0n) is 9.56. The van der Waals surface area contributed by atoms with Crippen LogP contribution in [-0.4, -0.2) is 15.5 Å². The second-order valence-electron chi connectivity index (χ2n) is 3.80. The topological polar surface area (TPSA) is 70.2 Å². The summed E-state index contributed by atoms with van der Waals surface area (Å²) in [5.41, 5.74) is 1.62. The number of hydrogen-bond acceptors (Lipinski definition) is 3. The van der Waals surface area contributed by atoms with Gasteiger partial charge in [-0.05, 0) is 34.5 Å². The van der Waals surface area contributed by atoms with Gasteiger partial charge in [0.1, 0.15) is 0 Å². The molecule has 0 aromatic carbocycles. The van der Waals surface area contributed by atoms with E-state index in [4.69, 9.17) is 5.26 Å². The molecule has 1 amide bonds. The molecule has 2 aromatic rings.